The van der Waals surface area contributed by atoms with Gasteiger partial charge in [0.2, 0.25) is 10.0 Å². The van der Waals surface area contributed by atoms with Crippen LogP contribution in [0.4, 0.5) is 0 Å². The predicted octanol–water partition coefficient (Wildman–Crippen LogP) is 0.440. The summed E-state index contributed by atoms with van der Waals surface area (Å²) in [7, 11) is -2.64. The molecule has 0 radical (unpaired) electrons. The van der Waals surface area contributed by atoms with Crippen LogP contribution in [0.5, 0.6) is 0 Å². The molecule has 0 aliphatic rings. The zero-order valence-electron chi connectivity index (χ0n) is 11.3. The molecule has 0 aliphatic heterocycles. The van der Waals surface area contributed by atoms with Crippen LogP contribution in [0.2, 0.25) is 0 Å². The van der Waals surface area contributed by atoms with Gasteiger partial charge in [-0.3, -0.25) is 4.79 Å². The van der Waals surface area contributed by atoms with E-state index in [-0.39, 0.29) is 11.3 Å². The van der Waals surface area contributed by atoms with Gasteiger partial charge in [-0.25, -0.2) is 8.42 Å². The molecule has 1 aromatic carbocycles. The maximum atomic E-state index is 12.2. The summed E-state index contributed by atoms with van der Waals surface area (Å²) >= 11 is 0. The van der Waals surface area contributed by atoms with Crippen LogP contribution in [0.1, 0.15) is 5.56 Å². The van der Waals surface area contributed by atoms with E-state index in [1.165, 1.54) is 31.4 Å². The van der Waals surface area contributed by atoms with E-state index in [0.29, 0.717) is 5.56 Å². The Kier molecular flexibility index (Phi) is 5.85. The lowest BCUT2D eigenvalue weighted by atomic mass is 10.2. The van der Waals surface area contributed by atoms with Crippen LogP contribution >= 0.6 is 0 Å². The predicted molar refractivity (Wildman–Crippen MR) is 72.1 cm³/mol. The largest absolute Gasteiger partial charge is 0.469 e. The molecule has 1 aromatic rings. The van der Waals surface area contributed by atoms with E-state index in [9.17, 15) is 13.2 Å². The number of ether oxygens (including phenoxy) is 1. The van der Waals surface area contributed by atoms with E-state index in [1.807, 2.05) is 0 Å². The summed E-state index contributed by atoms with van der Waals surface area (Å²) in [5.74, 6) is -0.429. The van der Waals surface area contributed by atoms with Crippen molar-refractivity contribution < 1.29 is 17.9 Å². The van der Waals surface area contributed by atoms with Gasteiger partial charge in [0.15, 0.2) is 0 Å². The van der Waals surface area contributed by atoms with Crippen molar-refractivity contribution in [3.8, 4) is 12.1 Å². The second kappa shape index (κ2) is 7.39. The van der Waals surface area contributed by atoms with Crippen molar-refractivity contribution in [3.63, 3.8) is 0 Å². The number of nitriles is 2. The van der Waals surface area contributed by atoms with Gasteiger partial charge in [0, 0.05) is 0 Å². The van der Waals surface area contributed by atoms with Gasteiger partial charge in [0.1, 0.15) is 13.1 Å². The number of esters is 1. The molecule has 7 nitrogen and oxygen atoms in total. The number of hydrogen-bond donors (Lipinski definition) is 0. The maximum Gasteiger partial charge on any atom is 0.309 e. The third-order valence-electron chi connectivity index (χ3n) is 2.63. The molecule has 0 saturated carbocycles. The molecule has 0 aromatic heterocycles. The first-order valence-electron chi connectivity index (χ1n) is 5.85. The molecule has 0 unspecified atom stereocenters. The van der Waals surface area contributed by atoms with E-state index >= 15 is 0 Å². The van der Waals surface area contributed by atoms with Crippen molar-refractivity contribution in [1.29, 1.82) is 10.5 Å². The summed E-state index contributed by atoms with van der Waals surface area (Å²) in [4.78, 5) is 11.1. The molecular weight excluding hydrogens is 294 g/mol. The topological polar surface area (TPSA) is 111 Å². The average Bonchev–Trinajstić information content (AvgIpc) is 2.47. The van der Waals surface area contributed by atoms with Gasteiger partial charge in [-0.15, -0.1) is 0 Å². The zero-order valence-corrected chi connectivity index (χ0v) is 12.1. The van der Waals surface area contributed by atoms with Crippen LogP contribution in [0.25, 0.3) is 0 Å². The van der Waals surface area contributed by atoms with Crippen molar-refractivity contribution in [1.82, 2.24) is 4.31 Å². The van der Waals surface area contributed by atoms with Crippen LogP contribution in [-0.2, 0) is 26.0 Å². The molecule has 0 fully saturated rings. The van der Waals surface area contributed by atoms with E-state index in [4.69, 9.17) is 10.5 Å². The molecule has 0 aliphatic carbocycles. The van der Waals surface area contributed by atoms with Gasteiger partial charge in [0.25, 0.3) is 0 Å². The SMILES string of the molecule is COC(=O)Cc1ccc(S(=O)(=O)N(CC#N)CC#N)cc1. The fourth-order valence-corrected chi connectivity index (χ4v) is 2.78. The number of hydrogen-bond acceptors (Lipinski definition) is 6. The minimum absolute atomic E-state index is 0.0386. The van der Waals surface area contributed by atoms with Gasteiger partial charge in [-0.1, -0.05) is 12.1 Å². The standard InChI is InChI=1S/C13H13N3O4S/c1-20-13(17)10-11-2-4-12(5-3-11)21(18,19)16(8-6-14)9-7-15/h2-5H,8-10H2,1H3. The van der Waals surface area contributed by atoms with Crippen LogP contribution in [-0.4, -0.2) is 38.9 Å². The van der Waals surface area contributed by atoms with Gasteiger partial charge in [-0.2, -0.15) is 14.8 Å². The lowest BCUT2D eigenvalue weighted by Gasteiger charge is -2.16. The Morgan fingerprint density at radius 1 is 1.19 bits per heavy atom. The number of rotatable bonds is 6. The monoisotopic (exact) mass is 307 g/mol. The molecule has 0 amide bonds. The molecule has 110 valence electrons. The van der Waals surface area contributed by atoms with Crippen molar-refractivity contribution >= 4 is 16.0 Å². The minimum Gasteiger partial charge on any atom is -0.469 e. The first kappa shape index (κ1) is 16.6. The van der Waals surface area contributed by atoms with Gasteiger partial charge in [0.05, 0.1) is 30.6 Å². The van der Waals surface area contributed by atoms with Crippen LogP contribution in [0.15, 0.2) is 29.2 Å². The summed E-state index contributed by atoms with van der Waals surface area (Å²) in [5, 5.41) is 17.3. The first-order valence-corrected chi connectivity index (χ1v) is 7.29. The highest BCUT2D eigenvalue weighted by Gasteiger charge is 2.24. The lowest BCUT2D eigenvalue weighted by molar-refractivity contribution is -0.139. The fourth-order valence-electron chi connectivity index (χ4n) is 1.55. The van der Waals surface area contributed by atoms with E-state index in [2.05, 4.69) is 4.74 Å². The van der Waals surface area contributed by atoms with Crippen LogP contribution in [0, 0.1) is 22.7 Å². The minimum atomic E-state index is -3.90. The van der Waals surface area contributed by atoms with Crippen molar-refractivity contribution in [2.45, 2.75) is 11.3 Å². The Labute approximate surface area is 123 Å². The molecule has 21 heavy (non-hydrogen) atoms. The number of carbonyl (C=O) groups is 1. The Balaban J connectivity index is 3.02. The molecule has 0 heterocycles. The summed E-state index contributed by atoms with van der Waals surface area (Å²) in [6.45, 7) is -0.806. The van der Waals surface area contributed by atoms with Crippen LogP contribution < -0.4 is 0 Å². The normalized spacial score (nSPS) is 10.7. The van der Waals surface area contributed by atoms with Gasteiger partial charge in [-0.05, 0) is 17.7 Å². The van der Waals surface area contributed by atoms with Crippen molar-refractivity contribution in [2.24, 2.45) is 0 Å². The third-order valence-corrected chi connectivity index (χ3v) is 4.44. The Morgan fingerprint density at radius 2 is 1.71 bits per heavy atom. The van der Waals surface area contributed by atoms with Crippen LogP contribution in [0.3, 0.4) is 0 Å². The average molecular weight is 307 g/mol. The molecule has 1 rings (SSSR count). The smallest absolute Gasteiger partial charge is 0.309 e. The maximum absolute atomic E-state index is 12.2. The number of methoxy groups -OCH3 is 1. The van der Waals surface area contributed by atoms with Crippen molar-refractivity contribution in [2.75, 3.05) is 20.2 Å². The quantitative estimate of drug-likeness (QED) is 0.557. The second-order valence-electron chi connectivity index (χ2n) is 3.99. The Hall–Kier alpha value is -2.42. The third kappa shape index (κ3) is 4.28. The highest BCUT2D eigenvalue weighted by Crippen LogP contribution is 2.16. The molecule has 0 bridgehead atoms. The molecule has 0 spiro atoms. The zero-order chi connectivity index (χ0) is 15.9. The summed E-state index contributed by atoms with van der Waals surface area (Å²) in [6, 6.07) is 9.05. The fraction of sp³-hybridized carbons (Fsp3) is 0.308. The van der Waals surface area contributed by atoms with Crippen molar-refractivity contribution in [3.05, 3.63) is 29.8 Å². The van der Waals surface area contributed by atoms with E-state index in [0.717, 1.165) is 4.31 Å². The van der Waals surface area contributed by atoms with Gasteiger partial charge >= 0.3 is 5.97 Å². The van der Waals surface area contributed by atoms with E-state index in [1.54, 1.807) is 12.1 Å². The summed E-state index contributed by atoms with van der Waals surface area (Å²) < 4.78 is 29.8. The first-order chi connectivity index (χ1) is 9.95. The summed E-state index contributed by atoms with van der Waals surface area (Å²) in [5.41, 5.74) is 0.605. The number of nitrogens with zero attached hydrogens (tertiary/aromatic N) is 3. The van der Waals surface area contributed by atoms with E-state index < -0.39 is 29.1 Å². The Bertz CT molecular complexity index is 668. The number of sulfonamides is 1. The second-order valence-corrected chi connectivity index (χ2v) is 5.92. The molecule has 0 N–H and O–H groups in total. The number of benzene rings is 1. The highest BCUT2D eigenvalue weighted by atomic mass is 32.2. The number of carbonyl (C=O) groups excluding carboxylic acids is 1. The highest BCUT2D eigenvalue weighted by molar-refractivity contribution is 7.89. The molecule has 0 atom stereocenters. The molecule has 8 heteroatoms. The Morgan fingerprint density at radius 3 is 2.14 bits per heavy atom. The molecule has 0 saturated heterocycles. The lowest BCUT2D eigenvalue weighted by Crippen LogP contribution is -2.31. The van der Waals surface area contributed by atoms with Gasteiger partial charge < -0.3 is 4.74 Å². The summed E-state index contributed by atoms with van der Waals surface area (Å²) in [6.07, 6.45) is 0.0386. The molecular formula is C13H13N3O4S.